The Balaban J connectivity index is 4.69. The van der Waals surface area contributed by atoms with Gasteiger partial charge in [0.25, 0.3) is 5.91 Å². The van der Waals surface area contributed by atoms with Crippen LogP contribution in [0.4, 0.5) is 0 Å². The molecule has 0 aromatic carbocycles. The Bertz CT molecular complexity index is 286. The van der Waals surface area contributed by atoms with Crippen molar-refractivity contribution in [2.24, 2.45) is 0 Å². The first-order chi connectivity index (χ1) is 5.50. The molecule has 0 saturated heterocycles. The largest absolute Gasteiger partial charge is 0.478 e. The van der Waals surface area contributed by atoms with Crippen LogP contribution in [0.2, 0.25) is 0 Å². The first-order valence-corrected chi connectivity index (χ1v) is 3.11. The van der Waals surface area contributed by atoms with Gasteiger partial charge in [-0.2, -0.15) is 5.26 Å². The van der Waals surface area contributed by atoms with Crippen LogP contribution >= 0.6 is 0 Å². The zero-order valence-electron chi connectivity index (χ0n) is 6.71. The summed E-state index contributed by atoms with van der Waals surface area (Å²) in [5.74, 6) is -1.85. The first kappa shape index (κ1) is 10.2. The molecule has 0 unspecified atom stereocenters. The number of hydrogen-bond donors (Lipinski definition) is 2. The molecule has 0 rings (SSSR count). The minimum Gasteiger partial charge on any atom is -0.478 e. The number of nitrogens with zero attached hydrogens (tertiary/aromatic N) is 1. The lowest BCUT2D eigenvalue weighted by atomic mass is 10.1. The summed E-state index contributed by atoms with van der Waals surface area (Å²) >= 11 is 0. The van der Waals surface area contributed by atoms with Gasteiger partial charge < -0.3 is 5.11 Å². The Kier molecular flexibility index (Phi) is 3.50. The molecule has 0 aliphatic carbocycles. The molecule has 0 fully saturated rings. The van der Waals surface area contributed by atoms with Crippen molar-refractivity contribution in [3.05, 3.63) is 11.1 Å². The highest BCUT2D eigenvalue weighted by Gasteiger charge is 2.11. The van der Waals surface area contributed by atoms with Crippen LogP contribution < -0.4 is 5.32 Å². The van der Waals surface area contributed by atoms with Gasteiger partial charge in [0.15, 0.2) is 6.19 Å². The van der Waals surface area contributed by atoms with E-state index in [2.05, 4.69) is 0 Å². The highest BCUT2D eigenvalue weighted by molar-refractivity contribution is 6.01. The van der Waals surface area contributed by atoms with E-state index in [1.165, 1.54) is 20.0 Å². The van der Waals surface area contributed by atoms with Gasteiger partial charge in [-0.15, -0.1) is 0 Å². The average molecular weight is 168 g/mol. The third-order valence-electron chi connectivity index (χ3n) is 1.39. The van der Waals surface area contributed by atoms with E-state index in [1.54, 1.807) is 0 Å². The third kappa shape index (κ3) is 2.42. The number of carbonyl (C=O) groups is 2. The monoisotopic (exact) mass is 168 g/mol. The van der Waals surface area contributed by atoms with E-state index < -0.39 is 11.9 Å². The molecule has 5 heteroatoms. The fourth-order valence-electron chi connectivity index (χ4n) is 0.475. The predicted molar refractivity (Wildman–Crippen MR) is 39.8 cm³/mol. The van der Waals surface area contributed by atoms with E-state index in [9.17, 15) is 9.59 Å². The van der Waals surface area contributed by atoms with Crippen LogP contribution in [-0.4, -0.2) is 17.0 Å². The summed E-state index contributed by atoms with van der Waals surface area (Å²) in [7, 11) is 0. The maximum absolute atomic E-state index is 10.8. The number of nitriles is 1. The molecular weight excluding hydrogens is 160 g/mol. The second-order valence-corrected chi connectivity index (χ2v) is 2.12. The van der Waals surface area contributed by atoms with Crippen LogP contribution in [0.15, 0.2) is 11.1 Å². The molecule has 0 aliphatic rings. The first-order valence-electron chi connectivity index (χ1n) is 3.11. The molecule has 12 heavy (non-hydrogen) atoms. The van der Waals surface area contributed by atoms with Gasteiger partial charge in [-0.3, -0.25) is 10.1 Å². The summed E-state index contributed by atoms with van der Waals surface area (Å²) in [6.45, 7) is 2.64. The maximum Gasteiger partial charge on any atom is 0.331 e. The van der Waals surface area contributed by atoms with Crippen LogP contribution in [0.5, 0.6) is 0 Å². The Labute approximate surface area is 69.3 Å². The van der Waals surface area contributed by atoms with Crippen molar-refractivity contribution in [1.82, 2.24) is 5.32 Å². The van der Waals surface area contributed by atoms with Crippen LogP contribution in [0, 0.1) is 11.5 Å². The fraction of sp³-hybridized carbons (Fsp3) is 0.286. The molecule has 0 saturated carbocycles. The molecule has 2 N–H and O–H groups in total. The summed E-state index contributed by atoms with van der Waals surface area (Å²) in [6.07, 6.45) is 1.42. The van der Waals surface area contributed by atoms with Gasteiger partial charge in [0, 0.05) is 11.1 Å². The number of carboxylic acid groups (broad SMARTS) is 1. The van der Waals surface area contributed by atoms with E-state index in [-0.39, 0.29) is 11.1 Å². The molecule has 0 aromatic rings. The van der Waals surface area contributed by atoms with Crippen molar-refractivity contribution in [3.63, 3.8) is 0 Å². The molecule has 1 amide bonds. The summed E-state index contributed by atoms with van der Waals surface area (Å²) in [5, 5.41) is 18.3. The molecule has 0 spiro atoms. The number of carbonyl (C=O) groups excluding carboxylic acids is 1. The Morgan fingerprint density at radius 2 is 1.83 bits per heavy atom. The second kappa shape index (κ2) is 4.13. The average Bonchev–Trinajstić information content (AvgIpc) is 2.02. The summed E-state index contributed by atoms with van der Waals surface area (Å²) < 4.78 is 0. The number of hydrogen-bond acceptors (Lipinski definition) is 3. The number of rotatable bonds is 2. The lowest BCUT2D eigenvalue weighted by Crippen LogP contribution is -2.20. The van der Waals surface area contributed by atoms with Crippen LogP contribution in [0.1, 0.15) is 13.8 Å². The van der Waals surface area contributed by atoms with Gasteiger partial charge in [-0.25, -0.2) is 4.79 Å². The Morgan fingerprint density at radius 1 is 1.33 bits per heavy atom. The molecule has 0 aliphatic heterocycles. The predicted octanol–water partition coefficient (Wildman–Crippen LogP) is 0.00468. The molecule has 5 nitrogen and oxygen atoms in total. The highest BCUT2D eigenvalue weighted by atomic mass is 16.4. The summed E-state index contributed by atoms with van der Waals surface area (Å²) in [5.41, 5.74) is -0.0354. The minimum absolute atomic E-state index is 0.0315. The van der Waals surface area contributed by atoms with Gasteiger partial charge in [-0.05, 0) is 13.8 Å². The molecule has 0 heterocycles. The molecule has 0 aromatic heterocycles. The quantitative estimate of drug-likeness (QED) is 0.345. The minimum atomic E-state index is -1.17. The Morgan fingerprint density at radius 3 is 2.17 bits per heavy atom. The third-order valence-corrected chi connectivity index (χ3v) is 1.39. The van der Waals surface area contributed by atoms with Crippen molar-refractivity contribution in [2.45, 2.75) is 13.8 Å². The second-order valence-electron chi connectivity index (χ2n) is 2.12. The van der Waals surface area contributed by atoms with Crippen molar-refractivity contribution in [1.29, 1.82) is 5.26 Å². The lowest BCUT2D eigenvalue weighted by Gasteiger charge is -1.99. The van der Waals surface area contributed by atoms with E-state index in [0.29, 0.717) is 0 Å². The summed E-state index contributed by atoms with van der Waals surface area (Å²) in [4.78, 5) is 21.2. The molecule has 64 valence electrons. The van der Waals surface area contributed by atoms with E-state index in [0.717, 1.165) is 0 Å². The van der Waals surface area contributed by atoms with Crippen molar-refractivity contribution in [2.75, 3.05) is 0 Å². The van der Waals surface area contributed by atoms with Crippen molar-refractivity contribution in [3.8, 4) is 6.19 Å². The maximum atomic E-state index is 10.8. The fourth-order valence-corrected chi connectivity index (χ4v) is 0.475. The lowest BCUT2D eigenvalue weighted by molar-refractivity contribution is -0.133. The number of aliphatic carboxylic acids is 1. The van der Waals surface area contributed by atoms with Crippen molar-refractivity contribution < 1.29 is 14.7 Å². The molecule has 0 atom stereocenters. The van der Waals surface area contributed by atoms with Crippen molar-refractivity contribution >= 4 is 11.9 Å². The normalized spacial score (nSPS) is 11.1. The van der Waals surface area contributed by atoms with E-state index >= 15 is 0 Å². The van der Waals surface area contributed by atoms with E-state index in [1.807, 2.05) is 5.32 Å². The van der Waals surface area contributed by atoms with Gasteiger partial charge in [0.1, 0.15) is 0 Å². The summed E-state index contributed by atoms with van der Waals surface area (Å²) in [6, 6.07) is 0. The molecule has 0 bridgehead atoms. The van der Waals surface area contributed by atoms with Crippen LogP contribution in [-0.2, 0) is 9.59 Å². The number of amides is 1. The highest BCUT2D eigenvalue weighted by Crippen LogP contribution is 2.02. The van der Waals surface area contributed by atoms with Gasteiger partial charge in [-0.1, -0.05) is 0 Å². The van der Waals surface area contributed by atoms with Gasteiger partial charge >= 0.3 is 5.97 Å². The zero-order chi connectivity index (χ0) is 9.72. The van der Waals surface area contributed by atoms with Gasteiger partial charge in [0.05, 0.1) is 0 Å². The Hall–Kier alpha value is -1.83. The zero-order valence-corrected chi connectivity index (χ0v) is 6.71. The smallest absolute Gasteiger partial charge is 0.331 e. The topological polar surface area (TPSA) is 90.2 Å². The van der Waals surface area contributed by atoms with Crippen LogP contribution in [0.25, 0.3) is 0 Å². The van der Waals surface area contributed by atoms with Crippen LogP contribution in [0.3, 0.4) is 0 Å². The molecule has 0 radical (unpaired) electrons. The number of carboxylic acids is 1. The standard InChI is InChI=1S/C7H8N2O3/c1-4(5(2)7(11)12)6(10)9-3-8/h1-2H3,(H,9,10)(H,11,12)/b5-4-. The number of nitrogens with one attached hydrogen (secondary N) is 1. The molecular formula is C7H8N2O3. The SMILES string of the molecule is C/C(C(=O)O)=C(\C)C(=O)NC#N. The van der Waals surface area contributed by atoms with E-state index in [4.69, 9.17) is 10.4 Å². The van der Waals surface area contributed by atoms with Gasteiger partial charge in [0.2, 0.25) is 0 Å².